The molecule has 0 aromatic heterocycles. The zero-order valence-corrected chi connectivity index (χ0v) is 18.8. The van der Waals surface area contributed by atoms with E-state index in [0.717, 1.165) is 49.7 Å². The van der Waals surface area contributed by atoms with E-state index in [1.807, 2.05) is 25.1 Å². The first-order chi connectivity index (χ1) is 13.9. The van der Waals surface area contributed by atoms with Gasteiger partial charge in [0.05, 0.1) is 10.7 Å². The van der Waals surface area contributed by atoms with E-state index in [-0.39, 0.29) is 11.0 Å². The van der Waals surface area contributed by atoms with Crippen LogP contribution in [0.2, 0.25) is 10.0 Å². The standard InChI is InChI=1S/C21H24Cl2N4OS/c1-3-26-8-10-27(11-9-26)19-7-6-16(13-18(19)23)24-21(29)25-20(28)15-5-4-14(2)17(22)12-15/h4-7,12-13H,3,8-11H2,1-2H3,(H2,24,25,28,29). The van der Waals surface area contributed by atoms with Crippen LogP contribution in [0.3, 0.4) is 0 Å². The van der Waals surface area contributed by atoms with Crippen molar-refractivity contribution in [3.63, 3.8) is 0 Å². The van der Waals surface area contributed by atoms with Crippen LogP contribution in [0, 0.1) is 6.92 Å². The SMILES string of the molecule is CCN1CCN(c2ccc(NC(=S)NC(=O)c3ccc(C)c(Cl)c3)cc2Cl)CC1. The molecule has 1 aliphatic heterocycles. The van der Waals surface area contributed by atoms with Crippen LogP contribution < -0.4 is 15.5 Å². The third kappa shape index (κ3) is 5.60. The van der Waals surface area contributed by atoms with Gasteiger partial charge in [-0.2, -0.15) is 0 Å². The molecule has 2 aromatic carbocycles. The first kappa shape index (κ1) is 21.8. The fourth-order valence-electron chi connectivity index (χ4n) is 3.22. The summed E-state index contributed by atoms with van der Waals surface area (Å²) >= 11 is 17.9. The van der Waals surface area contributed by atoms with E-state index in [4.69, 9.17) is 35.4 Å². The minimum atomic E-state index is -0.319. The Bertz CT molecular complexity index is 914. The maximum Gasteiger partial charge on any atom is 0.257 e. The van der Waals surface area contributed by atoms with Crippen molar-refractivity contribution >= 4 is 57.8 Å². The number of hydrogen-bond donors (Lipinski definition) is 2. The Kier molecular flexibility index (Phi) is 7.35. The Hall–Kier alpha value is -1.86. The first-order valence-electron chi connectivity index (χ1n) is 9.52. The third-order valence-electron chi connectivity index (χ3n) is 5.03. The van der Waals surface area contributed by atoms with Crippen molar-refractivity contribution in [3.05, 3.63) is 57.6 Å². The van der Waals surface area contributed by atoms with Gasteiger partial charge in [-0.25, -0.2) is 0 Å². The van der Waals surface area contributed by atoms with Crippen molar-refractivity contribution in [2.75, 3.05) is 42.9 Å². The largest absolute Gasteiger partial charge is 0.368 e. The van der Waals surface area contributed by atoms with E-state index >= 15 is 0 Å². The third-order valence-corrected chi connectivity index (χ3v) is 5.94. The summed E-state index contributed by atoms with van der Waals surface area (Å²) in [6.45, 7) is 9.10. The van der Waals surface area contributed by atoms with Crippen LogP contribution in [0.4, 0.5) is 11.4 Å². The molecule has 154 valence electrons. The zero-order valence-electron chi connectivity index (χ0n) is 16.5. The lowest BCUT2D eigenvalue weighted by atomic mass is 10.1. The Morgan fingerprint density at radius 1 is 1.07 bits per heavy atom. The number of aryl methyl sites for hydroxylation is 1. The van der Waals surface area contributed by atoms with Gasteiger partial charge in [0.15, 0.2) is 5.11 Å². The normalized spacial score (nSPS) is 14.6. The molecule has 2 aromatic rings. The molecule has 0 aliphatic carbocycles. The van der Waals surface area contributed by atoms with Gasteiger partial charge in [0.1, 0.15) is 0 Å². The fraction of sp³-hybridized carbons (Fsp3) is 0.333. The monoisotopic (exact) mass is 450 g/mol. The van der Waals surface area contributed by atoms with Crippen LogP contribution >= 0.6 is 35.4 Å². The lowest BCUT2D eigenvalue weighted by Gasteiger charge is -2.36. The highest BCUT2D eigenvalue weighted by molar-refractivity contribution is 7.80. The second-order valence-corrected chi connectivity index (χ2v) is 8.18. The molecule has 0 radical (unpaired) electrons. The summed E-state index contributed by atoms with van der Waals surface area (Å²) in [5, 5.41) is 7.07. The number of benzene rings is 2. The number of nitrogens with zero attached hydrogens (tertiary/aromatic N) is 2. The highest BCUT2D eigenvalue weighted by atomic mass is 35.5. The van der Waals surface area contributed by atoms with Gasteiger partial charge in [0.25, 0.3) is 5.91 Å². The molecule has 1 saturated heterocycles. The van der Waals surface area contributed by atoms with Crippen molar-refractivity contribution in [1.82, 2.24) is 10.2 Å². The van der Waals surface area contributed by atoms with Crippen LogP contribution in [0.25, 0.3) is 0 Å². The molecule has 1 aliphatic rings. The Labute approximate surface area is 187 Å². The van der Waals surface area contributed by atoms with Crippen LogP contribution in [0.1, 0.15) is 22.8 Å². The summed E-state index contributed by atoms with van der Waals surface area (Å²) in [4.78, 5) is 17.1. The molecule has 1 heterocycles. The second-order valence-electron chi connectivity index (χ2n) is 6.96. The topological polar surface area (TPSA) is 47.6 Å². The molecule has 8 heteroatoms. The molecule has 0 bridgehead atoms. The molecule has 3 rings (SSSR count). The molecule has 1 amide bonds. The van der Waals surface area contributed by atoms with Crippen molar-refractivity contribution < 1.29 is 4.79 Å². The first-order valence-corrected chi connectivity index (χ1v) is 10.7. The maximum absolute atomic E-state index is 12.4. The van der Waals surface area contributed by atoms with Gasteiger partial charge in [-0.15, -0.1) is 0 Å². The molecule has 2 N–H and O–H groups in total. The summed E-state index contributed by atoms with van der Waals surface area (Å²) in [7, 11) is 0. The van der Waals surface area contributed by atoms with E-state index < -0.39 is 0 Å². The Morgan fingerprint density at radius 3 is 2.41 bits per heavy atom. The highest BCUT2D eigenvalue weighted by Gasteiger charge is 2.18. The summed E-state index contributed by atoms with van der Waals surface area (Å²) in [5.74, 6) is -0.319. The second kappa shape index (κ2) is 9.76. The predicted octanol–water partition coefficient (Wildman–Crippen LogP) is 4.57. The van der Waals surface area contributed by atoms with Gasteiger partial charge in [-0.3, -0.25) is 10.1 Å². The van der Waals surface area contributed by atoms with Crippen molar-refractivity contribution in [3.8, 4) is 0 Å². The van der Waals surface area contributed by atoms with Gasteiger partial charge in [-0.05, 0) is 61.6 Å². The molecule has 0 unspecified atom stereocenters. The maximum atomic E-state index is 12.4. The van der Waals surface area contributed by atoms with E-state index in [9.17, 15) is 4.79 Å². The Morgan fingerprint density at radius 2 is 1.79 bits per heavy atom. The smallest absolute Gasteiger partial charge is 0.257 e. The molecule has 5 nitrogen and oxygen atoms in total. The molecular formula is C21H24Cl2N4OS. The van der Waals surface area contributed by atoms with E-state index in [2.05, 4.69) is 27.4 Å². The number of halogens is 2. The molecule has 0 saturated carbocycles. The minimum absolute atomic E-state index is 0.201. The Balaban J connectivity index is 1.60. The number of carbonyl (C=O) groups excluding carboxylic acids is 1. The molecule has 0 spiro atoms. The number of nitrogens with one attached hydrogen (secondary N) is 2. The van der Waals surface area contributed by atoms with Crippen LogP contribution in [-0.2, 0) is 0 Å². The van der Waals surface area contributed by atoms with Crippen LogP contribution in [0.5, 0.6) is 0 Å². The molecule has 1 fully saturated rings. The van der Waals surface area contributed by atoms with Crippen LogP contribution in [0.15, 0.2) is 36.4 Å². The lowest BCUT2D eigenvalue weighted by Crippen LogP contribution is -2.46. The van der Waals surface area contributed by atoms with E-state index in [1.165, 1.54) is 0 Å². The summed E-state index contributed by atoms with van der Waals surface area (Å²) in [5.41, 5.74) is 3.09. The molecule has 0 atom stereocenters. The number of hydrogen-bond acceptors (Lipinski definition) is 4. The van der Waals surface area contributed by atoms with E-state index in [0.29, 0.717) is 15.6 Å². The number of anilines is 2. The molecular weight excluding hydrogens is 427 g/mol. The minimum Gasteiger partial charge on any atom is -0.368 e. The van der Waals surface area contributed by atoms with Crippen molar-refractivity contribution in [1.29, 1.82) is 0 Å². The summed E-state index contributed by atoms with van der Waals surface area (Å²) < 4.78 is 0. The average Bonchev–Trinajstić information content (AvgIpc) is 2.70. The van der Waals surface area contributed by atoms with Crippen molar-refractivity contribution in [2.24, 2.45) is 0 Å². The number of rotatable bonds is 4. The zero-order chi connectivity index (χ0) is 21.0. The van der Waals surface area contributed by atoms with Gasteiger partial charge >= 0.3 is 0 Å². The van der Waals surface area contributed by atoms with Crippen molar-refractivity contribution in [2.45, 2.75) is 13.8 Å². The van der Waals surface area contributed by atoms with Gasteiger partial charge < -0.3 is 15.1 Å². The number of likely N-dealkylation sites (N-methyl/N-ethyl adjacent to an activating group) is 1. The number of amides is 1. The summed E-state index contributed by atoms with van der Waals surface area (Å²) in [6.07, 6.45) is 0. The average molecular weight is 451 g/mol. The van der Waals surface area contributed by atoms with E-state index in [1.54, 1.807) is 18.2 Å². The number of carbonyl (C=O) groups is 1. The molecule has 29 heavy (non-hydrogen) atoms. The summed E-state index contributed by atoms with van der Waals surface area (Å²) in [6, 6.07) is 10.9. The predicted molar refractivity (Wildman–Crippen MR) is 126 cm³/mol. The highest BCUT2D eigenvalue weighted by Crippen LogP contribution is 2.29. The fourth-order valence-corrected chi connectivity index (χ4v) is 3.91. The van der Waals surface area contributed by atoms with Gasteiger partial charge in [0, 0.05) is 42.5 Å². The number of thiocarbonyl (C=S) groups is 1. The number of piperazine rings is 1. The quantitative estimate of drug-likeness (QED) is 0.667. The van der Waals surface area contributed by atoms with Gasteiger partial charge in [0.2, 0.25) is 0 Å². The van der Waals surface area contributed by atoms with Gasteiger partial charge in [-0.1, -0.05) is 36.2 Å². The van der Waals surface area contributed by atoms with Crippen LogP contribution in [-0.4, -0.2) is 48.6 Å². The lowest BCUT2D eigenvalue weighted by molar-refractivity contribution is 0.0977.